The fourth-order valence-electron chi connectivity index (χ4n) is 21.4. The van der Waals surface area contributed by atoms with Crippen LogP contribution in [0.25, 0.3) is 89.2 Å². The van der Waals surface area contributed by atoms with Gasteiger partial charge in [-0.25, -0.2) is 4.98 Å². The lowest BCUT2D eigenvalue weighted by Gasteiger charge is -2.49. The Kier molecular flexibility index (Phi) is 16.8. The Balaban J connectivity index is 0.000000139. The topological polar surface area (TPSA) is 58.2 Å². The van der Waals surface area contributed by atoms with E-state index >= 15 is 0 Å². The SMILES string of the molecule is CC1(C)c2ccccc2-c2ccc(N(c3ccccc3)c3ccc(-n4c5ccccc5c5ccc6c(c54)Sc4ccccc4C64c5ccccc5N(c5ccccc5)c5ccccc54)cc3)cc21.c1ccc(-c2nc(-c3ccccc3)nc(-n3c4ccccc4c4ccc5c(c43)Sc3ccccc3C53c4ccccc4N(c4ccccc4)c4ccccc43)n2)cc1. The molecule has 18 aromatic carbocycles. The molecule has 0 amide bonds. The molecular formula is C116H78N8S2. The van der Waals surface area contributed by atoms with E-state index in [1.54, 1.807) is 0 Å². The maximum atomic E-state index is 5.31. The van der Waals surface area contributed by atoms with E-state index in [-0.39, 0.29) is 5.41 Å². The average Bonchev–Trinajstić information content (AvgIpc) is 1.05. The zero-order valence-electron chi connectivity index (χ0n) is 69.0. The molecule has 0 saturated heterocycles. The van der Waals surface area contributed by atoms with Gasteiger partial charge in [0, 0.05) is 91.8 Å². The third-order valence-electron chi connectivity index (χ3n) is 26.7. The van der Waals surface area contributed by atoms with Crippen LogP contribution < -0.4 is 14.7 Å². The van der Waals surface area contributed by atoms with Crippen molar-refractivity contribution in [1.29, 1.82) is 0 Å². The predicted octanol–water partition coefficient (Wildman–Crippen LogP) is 30.1. The molecule has 5 aliphatic rings. The van der Waals surface area contributed by atoms with E-state index in [4.69, 9.17) is 15.0 Å². The molecule has 0 radical (unpaired) electrons. The molecule has 0 fully saturated rings. The van der Waals surface area contributed by atoms with Gasteiger partial charge in [0.25, 0.3) is 0 Å². The molecular weight excluding hydrogens is 1570 g/mol. The summed E-state index contributed by atoms with van der Waals surface area (Å²) in [6.07, 6.45) is 0. The Labute approximate surface area is 739 Å². The van der Waals surface area contributed by atoms with Crippen molar-refractivity contribution in [2.75, 3.05) is 14.7 Å². The van der Waals surface area contributed by atoms with Crippen LogP contribution in [0, 0.1) is 0 Å². The van der Waals surface area contributed by atoms with Crippen LogP contribution in [0.4, 0.5) is 51.2 Å². The van der Waals surface area contributed by atoms with E-state index in [0.717, 1.165) is 78.4 Å². The van der Waals surface area contributed by atoms with Crippen molar-refractivity contribution in [3.63, 3.8) is 0 Å². The second-order valence-corrected chi connectivity index (χ2v) is 35.7. The van der Waals surface area contributed by atoms with E-state index in [1.165, 1.54) is 120 Å². The minimum absolute atomic E-state index is 0.107. The summed E-state index contributed by atoms with van der Waals surface area (Å²) in [5, 5.41) is 4.80. The molecule has 0 N–H and O–H groups in total. The molecule has 0 atom stereocenters. The highest BCUT2D eigenvalue weighted by Gasteiger charge is 2.53. The number of rotatable bonds is 9. The molecule has 8 nitrogen and oxygen atoms in total. The fraction of sp³-hybridized carbons (Fsp3) is 0.0431. The highest BCUT2D eigenvalue weighted by molar-refractivity contribution is 8.00. The van der Waals surface area contributed by atoms with Crippen molar-refractivity contribution in [2.24, 2.45) is 0 Å². The van der Waals surface area contributed by atoms with Crippen LogP contribution >= 0.6 is 23.5 Å². The zero-order valence-corrected chi connectivity index (χ0v) is 70.6. The first-order chi connectivity index (χ1) is 62.3. The predicted molar refractivity (Wildman–Crippen MR) is 519 cm³/mol. The van der Waals surface area contributed by atoms with Gasteiger partial charge in [-0.1, -0.05) is 353 Å². The van der Waals surface area contributed by atoms with Crippen molar-refractivity contribution in [1.82, 2.24) is 24.1 Å². The molecule has 594 valence electrons. The minimum Gasteiger partial charge on any atom is -0.310 e. The molecule has 0 saturated carbocycles. The lowest BCUT2D eigenvalue weighted by molar-refractivity contribution is 0.660. The highest BCUT2D eigenvalue weighted by atomic mass is 32.2. The van der Waals surface area contributed by atoms with Crippen molar-refractivity contribution in [2.45, 2.75) is 49.7 Å². The summed E-state index contributed by atoms with van der Waals surface area (Å²) in [6, 6.07) is 159. The van der Waals surface area contributed by atoms with Crippen LogP contribution in [0.2, 0.25) is 0 Å². The largest absolute Gasteiger partial charge is 0.310 e. The molecule has 3 aromatic heterocycles. The monoisotopic (exact) mass is 1650 g/mol. The Bertz CT molecular complexity index is 7810. The first-order valence-electron chi connectivity index (χ1n) is 43.1. The van der Waals surface area contributed by atoms with Crippen molar-refractivity contribution in [3.05, 3.63) is 492 Å². The number of hydrogen-bond acceptors (Lipinski definition) is 8. The molecule has 2 spiro atoms. The Morgan fingerprint density at radius 2 is 0.619 bits per heavy atom. The van der Waals surface area contributed by atoms with Gasteiger partial charge in [-0.15, -0.1) is 0 Å². The molecule has 0 unspecified atom stereocenters. The van der Waals surface area contributed by atoms with Crippen LogP contribution in [0.15, 0.2) is 456 Å². The van der Waals surface area contributed by atoms with E-state index in [9.17, 15) is 0 Å². The number of nitrogens with zero attached hydrogens (tertiary/aromatic N) is 8. The third kappa shape index (κ3) is 10.9. The van der Waals surface area contributed by atoms with Crippen molar-refractivity contribution >= 4 is 118 Å². The Morgan fingerprint density at radius 1 is 0.254 bits per heavy atom. The lowest BCUT2D eigenvalue weighted by atomic mass is 9.62. The summed E-state index contributed by atoms with van der Waals surface area (Å²) in [5.41, 5.74) is 32.2. The summed E-state index contributed by atoms with van der Waals surface area (Å²) in [6.45, 7) is 4.72. The molecule has 4 aliphatic heterocycles. The summed E-state index contributed by atoms with van der Waals surface area (Å²) >= 11 is 3.76. The fourth-order valence-corrected chi connectivity index (χ4v) is 24.1. The van der Waals surface area contributed by atoms with Crippen molar-refractivity contribution < 1.29 is 0 Å². The number of aromatic nitrogens is 5. The Morgan fingerprint density at radius 3 is 1.10 bits per heavy atom. The number of fused-ring (bicyclic) bond motifs is 27. The van der Waals surface area contributed by atoms with E-state index in [0.29, 0.717) is 17.6 Å². The zero-order chi connectivity index (χ0) is 83.4. The highest BCUT2D eigenvalue weighted by Crippen LogP contribution is 2.67. The third-order valence-corrected chi connectivity index (χ3v) is 29.1. The van der Waals surface area contributed by atoms with Crippen LogP contribution in [0.3, 0.4) is 0 Å². The van der Waals surface area contributed by atoms with Crippen LogP contribution in [0.5, 0.6) is 0 Å². The summed E-state index contributed by atoms with van der Waals surface area (Å²) in [4.78, 5) is 27.9. The molecule has 126 heavy (non-hydrogen) atoms. The number of anilines is 9. The normalized spacial score (nSPS) is 14.0. The van der Waals surface area contributed by atoms with Gasteiger partial charge in [0.05, 0.1) is 55.6 Å². The second-order valence-electron chi connectivity index (χ2n) is 33.6. The van der Waals surface area contributed by atoms with Gasteiger partial charge in [0.1, 0.15) is 0 Å². The minimum atomic E-state index is -0.630. The quantitative estimate of drug-likeness (QED) is 0.142. The maximum Gasteiger partial charge on any atom is 0.238 e. The molecule has 10 heteroatoms. The van der Waals surface area contributed by atoms with E-state index in [2.05, 4.69) is 438 Å². The molecule has 26 rings (SSSR count). The second kappa shape index (κ2) is 28.9. The first kappa shape index (κ1) is 73.4. The van der Waals surface area contributed by atoms with Gasteiger partial charge >= 0.3 is 0 Å². The van der Waals surface area contributed by atoms with Gasteiger partial charge in [-0.3, -0.25) is 4.57 Å². The van der Waals surface area contributed by atoms with Gasteiger partial charge in [0.2, 0.25) is 5.95 Å². The smallest absolute Gasteiger partial charge is 0.238 e. The number of benzene rings is 18. The van der Waals surface area contributed by atoms with Crippen LogP contribution in [-0.4, -0.2) is 24.1 Å². The van der Waals surface area contributed by atoms with E-state index in [1.807, 2.05) is 59.9 Å². The summed E-state index contributed by atoms with van der Waals surface area (Å²) < 4.78 is 4.82. The first-order valence-corrected chi connectivity index (χ1v) is 44.8. The van der Waals surface area contributed by atoms with Gasteiger partial charge in [0.15, 0.2) is 11.6 Å². The van der Waals surface area contributed by atoms with Gasteiger partial charge in [-0.2, -0.15) is 9.97 Å². The lowest BCUT2D eigenvalue weighted by Crippen LogP contribution is -2.39. The maximum absolute atomic E-state index is 5.31. The van der Waals surface area contributed by atoms with Gasteiger partial charge in [-0.05, 0) is 188 Å². The van der Waals surface area contributed by atoms with Crippen LogP contribution in [-0.2, 0) is 16.2 Å². The Hall–Kier alpha value is -15.3. The number of hydrogen-bond donors (Lipinski definition) is 0. The van der Waals surface area contributed by atoms with Crippen LogP contribution in [0.1, 0.15) is 69.5 Å². The molecule has 1 aliphatic carbocycles. The summed E-state index contributed by atoms with van der Waals surface area (Å²) in [5.74, 6) is 1.84. The van der Waals surface area contributed by atoms with E-state index < -0.39 is 10.8 Å². The standard InChI is InChI=1S/C64H45N3S.C52H33N5S/c1-63(2)51-25-11-9-23-47(51)48-38-37-46(41-56(48)63)65(42-19-5-3-6-20-42)44-33-35-45(36-34-44)67-57-29-15-10-24-49(57)50-39-40-55-62(61(50)67)68-60-32-18-14-28-54(60)64(55)52-26-12-16-30-58(52)66(43-21-7-4-8-22-43)59-31-17-13-27-53(59)64;1-4-18-34(19-5-1)49-53-50(35-20-6-2-7-21-35)55-51(54-49)57-43-28-14-10-24-37(43)38-32-33-42-48(47(38)57)58-46-31-17-13-27-41(46)52(42)39-25-11-15-29-44(39)56(36-22-8-3-9-23-36)45-30-16-12-26-40(45)52/h3-41H,1-2H3;1-33H. The molecule has 7 heterocycles. The van der Waals surface area contributed by atoms with Gasteiger partial charge < -0.3 is 19.3 Å². The molecule has 0 bridgehead atoms. The number of para-hydroxylation sites is 9. The van der Waals surface area contributed by atoms with Crippen molar-refractivity contribution in [3.8, 4) is 45.5 Å². The summed E-state index contributed by atoms with van der Waals surface area (Å²) in [7, 11) is 0. The molecule has 21 aromatic rings. The average molecular weight is 1650 g/mol.